The summed E-state index contributed by atoms with van der Waals surface area (Å²) in [5.74, 6) is 0.481. The molecule has 0 heterocycles. The molecule has 0 fully saturated rings. The first-order valence-electron chi connectivity index (χ1n) is 10.4. The Morgan fingerprint density at radius 2 is 1.19 bits per heavy atom. The molecule has 0 aliphatic carbocycles. The highest BCUT2D eigenvalue weighted by Crippen LogP contribution is 2.36. The zero-order valence-corrected chi connectivity index (χ0v) is 18.5. The van der Waals surface area contributed by atoms with Crippen LogP contribution in [0, 0.1) is 13.8 Å². The normalized spacial score (nSPS) is 11.1. The lowest BCUT2D eigenvalue weighted by Gasteiger charge is -2.25. The van der Waals surface area contributed by atoms with Crippen LogP contribution in [0.1, 0.15) is 67.2 Å². The van der Waals surface area contributed by atoms with Gasteiger partial charge >= 0.3 is 0 Å². The molecule has 27 heavy (non-hydrogen) atoms. The van der Waals surface area contributed by atoms with E-state index < -0.39 is 0 Å². The van der Waals surface area contributed by atoms with Gasteiger partial charge in [0.2, 0.25) is 0 Å². The molecule has 0 spiro atoms. The topological polar surface area (TPSA) is 6.48 Å². The van der Waals surface area contributed by atoms with Crippen LogP contribution in [0.2, 0.25) is 0 Å². The van der Waals surface area contributed by atoms with Gasteiger partial charge in [-0.05, 0) is 66.8 Å². The molecule has 0 radical (unpaired) electrons. The SMILES string of the molecule is CCCCCCC(c1ccc(N(C)C)cc1C)c1ccc(N(C)C)cc1C. The molecular weight excluding hydrogens is 328 g/mol. The predicted molar refractivity (Wildman–Crippen MR) is 122 cm³/mol. The van der Waals surface area contributed by atoms with Crippen molar-refractivity contribution in [2.24, 2.45) is 0 Å². The Hall–Kier alpha value is -1.96. The molecule has 0 saturated carbocycles. The largest absolute Gasteiger partial charge is 0.378 e. The van der Waals surface area contributed by atoms with Gasteiger partial charge in [0, 0.05) is 45.5 Å². The van der Waals surface area contributed by atoms with E-state index in [4.69, 9.17) is 0 Å². The van der Waals surface area contributed by atoms with Crippen molar-refractivity contribution in [1.82, 2.24) is 0 Å². The molecule has 0 saturated heterocycles. The highest BCUT2D eigenvalue weighted by molar-refractivity contribution is 5.55. The Kier molecular flexibility index (Phi) is 7.77. The molecule has 2 heteroatoms. The fourth-order valence-electron chi connectivity index (χ4n) is 3.91. The highest BCUT2D eigenvalue weighted by Gasteiger charge is 2.19. The molecule has 0 aliphatic heterocycles. The summed E-state index contributed by atoms with van der Waals surface area (Å²) in [5, 5.41) is 0. The third-order valence-electron chi connectivity index (χ3n) is 5.64. The number of unbranched alkanes of at least 4 members (excludes halogenated alkanes) is 3. The Balaban J connectivity index is 2.40. The standard InChI is InChI=1S/C25H38N2/c1-8-9-10-11-12-25(23-15-13-21(26(4)5)17-19(23)2)24-16-14-22(27(6)7)18-20(24)3/h13-18,25H,8-12H2,1-7H3. The maximum absolute atomic E-state index is 2.36. The summed E-state index contributed by atoms with van der Waals surface area (Å²) in [7, 11) is 8.45. The number of nitrogens with zero attached hydrogens (tertiary/aromatic N) is 2. The van der Waals surface area contributed by atoms with Gasteiger partial charge in [-0.2, -0.15) is 0 Å². The Morgan fingerprint density at radius 1 is 0.704 bits per heavy atom. The highest BCUT2D eigenvalue weighted by atomic mass is 15.1. The lowest BCUT2D eigenvalue weighted by molar-refractivity contribution is 0.594. The van der Waals surface area contributed by atoms with Crippen molar-refractivity contribution in [3.63, 3.8) is 0 Å². The summed E-state index contributed by atoms with van der Waals surface area (Å²) in [6.07, 6.45) is 6.48. The van der Waals surface area contributed by atoms with E-state index >= 15 is 0 Å². The van der Waals surface area contributed by atoms with E-state index in [1.807, 2.05) is 0 Å². The molecule has 0 unspecified atom stereocenters. The molecule has 0 atom stereocenters. The molecule has 2 aromatic rings. The Morgan fingerprint density at radius 3 is 1.56 bits per heavy atom. The van der Waals surface area contributed by atoms with Gasteiger partial charge < -0.3 is 9.80 Å². The number of aryl methyl sites for hydroxylation is 2. The van der Waals surface area contributed by atoms with Crippen molar-refractivity contribution in [1.29, 1.82) is 0 Å². The minimum atomic E-state index is 0.481. The summed E-state index contributed by atoms with van der Waals surface area (Å²) in [6, 6.07) is 13.9. The lowest BCUT2D eigenvalue weighted by Crippen LogP contribution is -2.12. The van der Waals surface area contributed by atoms with Gasteiger partial charge in [-0.15, -0.1) is 0 Å². The number of benzene rings is 2. The Labute approximate surface area is 167 Å². The van der Waals surface area contributed by atoms with Gasteiger partial charge in [0.1, 0.15) is 0 Å². The van der Waals surface area contributed by atoms with Crippen molar-refractivity contribution in [2.45, 2.75) is 58.8 Å². The van der Waals surface area contributed by atoms with Gasteiger partial charge in [0.05, 0.1) is 0 Å². The van der Waals surface area contributed by atoms with Crippen molar-refractivity contribution < 1.29 is 0 Å². The average Bonchev–Trinajstić information content (AvgIpc) is 2.62. The van der Waals surface area contributed by atoms with E-state index in [0.29, 0.717) is 5.92 Å². The molecule has 2 aromatic carbocycles. The second-order valence-corrected chi connectivity index (χ2v) is 8.27. The molecular formula is C25H38N2. The summed E-state index contributed by atoms with van der Waals surface area (Å²) in [5.41, 5.74) is 8.33. The predicted octanol–water partition coefficient (Wildman–Crippen LogP) is 6.54. The second-order valence-electron chi connectivity index (χ2n) is 8.27. The van der Waals surface area contributed by atoms with Gasteiger partial charge in [0.25, 0.3) is 0 Å². The van der Waals surface area contributed by atoms with E-state index in [0.717, 1.165) is 0 Å². The molecule has 0 amide bonds. The van der Waals surface area contributed by atoms with E-state index in [2.05, 4.69) is 95.2 Å². The number of rotatable bonds is 9. The van der Waals surface area contributed by atoms with E-state index in [-0.39, 0.29) is 0 Å². The lowest BCUT2D eigenvalue weighted by atomic mass is 9.82. The fraction of sp³-hybridized carbons (Fsp3) is 0.520. The van der Waals surface area contributed by atoms with Crippen LogP contribution in [-0.4, -0.2) is 28.2 Å². The van der Waals surface area contributed by atoms with Crippen molar-refractivity contribution in [2.75, 3.05) is 38.0 Å². The molecule has 2 rings (SSSR count). The van der Waals surface area contributed by atoms with Gasteiger partial charge in [-0.25, -0.2) is 0 Å². The van der Waals surface area contributed by atoms with Crippen molar-refractivity contribution >= 4 is 11.4 Å². The van der Waals surface area contributed by atoms with E-state index in [9.17, 15) is 0 Å². The maximum atomic E-state index is 2.36. The van der Waals surface area contributed by atoms with E-state index in [1.54, 1.807) is 0 Å². The average molecular weight is 367 g/mol. The zero-order chi connectivity index (χ0) is 20.0. The minimum Gasteiger partial charge on any atom is -0.378 e. The van der Waals surface area contributed by atoms with E-state index in [1.165, 1.54) is 65.7 Å². The fourth-order valence-corrected chi connectivity index (χ4v) is 3.91. The minimum absolute atomic E-state index is 0.481. The first-order chi connectivity index (χ1) is 12.8. The van der Waals surface area contributed by atoms with Gasteiger partial charge in [-0.1, -0.05) is 44.7 Å². The second kappa shape index (κ2) is 9.82. The maximum Gasteiger partial charge on any atom is 0.0363 e. The quantitative estimate of drug-likeness (QED) is 0.465. The smallest absolute Gasteiger partial charge is 0.0363 e. The van der Waals surface area contributed by atoms with Crippen LogP contribution in [0.4, 0.5) is 11.4 Å². The van der Waals surface area contributed by atoms with Crippen LogP contribution in [0.25, 0.3) is 0 Å². The van der Waals surface area contributed by atoms with Gasteiger partial charge in [-0.3, -0.25) is 0 Å². The molecule has 0 bridgehead atoms. The summed E-state index contributed by atoms with van der Waals surface area (Å²) >= 11 is 0. The van der Waals surface area contributed by atoms with Gasteiger partial charge in [0.15, 0.2) is 0 Å². The number of hydrogen-bond donors (Lipinski definition) is 0. The van der Waals surface area contributed by atoms with Crippen LogP contribution in [0.5, 0.6) is 0 Å². The van der Waals surface area contributed by atoms with Crippen LogP contribution >= 0.6 is 0 Å². The Bertz CT molecular complexity index is 674. The summed E-state index contributed by atoms with van der Waals surface area (Å²) in [4.78, 5) is 4.37. The first kappa shape index (κ1) is 21.3. The zero-order valence-electron chi connectivity index (χ0n) is 18.5. The van der Waals surface area contributed by atoms with Crippen molar-refractivity contribution in [3.8, 4) is 0 Å². The molecule has 0 aliphatic rings. The van der Waals surface area contributed by atoms with Crippen LogP contribution in [0.15, 0.2) is 36.4 Å². The first-order valence-corrected chi connectivity index (χ1v) is 10.4. The monoisotopic (exact) mass is 366 g/mol. The summed E-state index contributed by atoms with van der Waals surface area (Å²) < 4.78 is 0. The number of anilines is 2. The third-order valence-corrected chi connectivity index (χ3v) is 5.64. The molecule has 2 nitrogen and oxygen atoms in total. The van der Waals surface area contributed by atoms with Crippen LogP contribution in [0.3, 0.4) is 0 Å². The molecule has 148 valence electrons. The molecule has 0 N–H and O–H groups in total. The van der Waals surface area contributed by atoms with Crippen LogP contribution < -0.4 is 9.80 Å². The van der Waals surface area contributed by atoms with Crippen molar-refractivity contribution in [3.05, 3.63) is 58.7 Å². The third kappa shape index (κ3) is 5.51. The van der Waals surface area contributed by atoms with Crippen LogP contribution in [-0.2, 0) is 0 Å². The summed E-state index contributed by atoms with van der Waals surface area (Å²) in [6.45, 7) is 6.82. The molecule has 0 aromatic heterocycles. The number of hydrogen-bond acceptors (Lipinski definition) is 2.